The fourth-order valence-corrected chi connectivity index (χ4v) is 2.96. The van der Waals surface area contributed by atoms with Crippen molar-refractivity contribution in [3.63, 3.8) is 0 Å². The standard InChI is InChI=1S/C10H10BrNO4S/c11-6-3-8(17-5-6)9(13)12-1-2-16-7(4-12)10(14)15/h3,5,7H,1-2,4H2,(H,14,15). The van der Waals surface area contributed by atoms with E-state index in [1.165, 1.54) is 16.2 Å². The third-order valence-electron chi connectivity index (χ3n) is 2.41. The Hall–Kier alpha value is -0.920. The monoisotopic (exact) mass is 319 g/mol. The lowest BCUT2D eigenvalue weighted by Crippen LogP contribution is -2.48. The normalized spacial score (nSPS) is 20.3. The first-order valence-electron chi connectivity index (χ1n) is 4.95. The number of amides is 1. The summed E-state index contributed by atoms with van der Waals surface area (Å²) in [5.41, 5.74) is 0. The van der Waals surface area contributed by atoms with Gasteiger partial charge in [0.2, 0.25) is 0 Å². The van der Waals surface area contributed by atoms with E-state index in [0.29, 0.717) is 11.4 Å². The SMILES string of the molecule is O=C(O)C1CN(C(=O)c2cc(Br)cs2)CCO1. The van der Waals surface area contributed by atoms with Crippen LogP contribution >= 0.6 is 27.3 Å². The Morgan fingerprint density at radius 3 is 2.94 bits per heavy atom. The van der Waals surface area contributed by atoms with Gasteiger partial charge in [0.1, 0.15) is 0 Å². The first kappa shape index (κ1) is 12.5. The maximum Gasteiger partial charge on any atom is 0.334 e. The summed E-state index contributed by atoms with van der Waals surface area (Å²) in [6.07, 6.45) is -0.920. The van der Waals surface area contributed by atoms with Crippen LogP contribution in [0.25, 0.3) is 0 Å². The number of rotatable bonds is 2. The highest BCUT2D eigenvalue weighted by Crippen LogP contribution is 2.22. The fourth-order valence-electron chi connectivity index (χ4n) is 1.56. The lowest BCUT2D eigenvalue weighted by Gasteiger charge is -2.30. The molecule has 1 aliphatic rings. The molecule has 0 radical (unpaired) electrons. The van der Waals surface area contributed by atoms with Gasteiger partial charge in [-0.1, -0.05) is 0 Å². The van der Waals surface area contributed by atoms with E-state index in [4.69, 9.17) is 9.84 Å². The van der Waals surface area contributed by atoms with Gasteiger partial charge in [-0.05, 0) is 22.0 Å². The van der Waals surface area contributed by atoms with Gasteiger partial charge < -0.3 is 14.7 Å². The molecular formula is C10H10BrNO4S. The molecule has 1 aliphatic heterocycles. The minimum absolute atomic E-state index is 0.101. The molecule has 0 saturated carbocycles. The number of nitrogens with zero attached hydrogens (tertiary/aromatic N) is 1. The van der Waals surface area contributed by atoms with E-state index >= 15 is 0 Å². The second-order valence-corrected chi connectivity index (χ2v) is 5.40. The van der Waals surface area contributed by atoms with Crippen molar-refractivity contribution < 1.29 is 19.4 Å². The minimum Gasteiger partial charge on any atom is -0.479 e. The molecule has 5 nitrogen and oxygen atoms in total. The Kier molecular flexibility index (Phi) is 3.80. The van der Waals surface area contributed by atoms with E-state index in [2.05, 4.69) is 15.9 Å². The predicted octanol–water partition coefficient (Wildman–Crippen LogP) is 1.44. The van der Waals surface area contributed by atoms with Crippen LogP contribution in [0, 0.1) is 0 Å². The molecule has 0 bridgehead atoms. The molecule has 1 atom stereocenters. The summed E-state index contributed by atoms with van der Waals surface area (Å²) >= 11 is 4.62. The van der Waals surface area contributed by atoms with Gasteiger partial charge in [0.25, 0.3) is 5.91 Å². The van der Waals surface area contributed by atoms with Gasteiger partial charge in [-0.3, -0.25) is 4.79 Å². The number of ether oxygens (including phenoxy) is 1. The van der Waals surface area contributed by atoms with E-state index < -0.39 is 12.1 Å². The average molecular weight is 320 g/mol. The molecule has 0 spiro atoms. The summed E-state index contributed by atoms with van der Waals surface area (Å²) in [5, 5.41) is 10.7. The van der Waals surface area contributed by atoms with Gasteiger partial charge in [-0.25, -0.2) is 4.79 Å². The van der Waals surface area contributed by atoms with Crippen LogP contribution in [0.5, 0.6) is 0 Å². The van der Waals surface area contributed by atoms with Crippen molar-refractivity contribution in [3.05, 3.63) is 20.8 Å². The highest BCUT2D eigenvalue weighted by Gasteiger charge is 2.29. The molecule has 92 valence electrons. The first-order chi connectivity index (χ1) is 8.08. The molecule has 2 rings (SSSR count). The van der Waals surface area contributed by atoms with Crippen LogP contribution in [0.4, 0.5) is 0 Å². The van der Waals surface area contributed by atoms with Crippen molar-refractivity contribution in [3.8, 4) is 0 Å². The summed E-state index contributed by atoms with van der Waals surface area (Å²) in [5.74, 6) is -1.18. The van der Waals surface area contributed by atoms with Crippen molar-refractivity contribution in [2.45, 2.75) is 6.10 Å². The molecular weight excluding hydrogens is 310 g/mol. The molecule has 1 fully saturated rings. The second kappa shape index (κ2) is 5.16. The average Bonchev–Trinajstić information content (AvgIpc) is 2.75. The van der Waals surface area contributed by atoms with Crippen LogP contribution < -0.4 is 0 Å². The zero-order chi connectivity index (χ0) is 12.4. The van der Waals surface area contributed by atoms with Crippen LogP contribution in [-0.4, -0.2) is 47.7 Å². The van der Waals surface area contributed by atoms with Crippen LogP contribution in [0.1, 0.15) is 9.67 Å². The maximum absolute atomic E-state index is 12.0. The molecule has 1 amide bonds. The highest BCUT2D eigenvalue weighted by molar-refractivity contribution is 9.10. The van der Waals surface area contributed by atoms with E-state index in [0.717, 1.165) is 4.47 Å². The zero-order valence-corrected chi connectivity index (χ0v) is 11.2. The first-order valence-corrected chi connectivity index (χ1v) is 6.63. The number of carboxylic acid groups (broad SMARTS) is 1. The van der Waals surface area contributed by atoms with E-state index in [-0.39, 0.29) is 19.1 Å². The van der Waals surface area contributed by atoms with Gasteiger partial charge >= 0.3 is 5.97 Å². The lowest BCUT2D eigenvalue weighted by molar-refractivity contribution is -0.154. The van der Waals surface area contributed by atoms with Gasteiger partial charge in [0.15, 0.2) is 6.10 Å². The molecule has 0 aliphatic carbocycles. The number of halogens is 1. The van der Waals surface area contributed by atoms with Gasteiger partial charge in [0.05, 0.1) is 18.0 Å². The lowest BCUT2D eigenvalue weighted by atomic mass is 10.2. The maximum atomic E-state index is 12.0. The number of carbonyl (C=O) groups is 2. The number of thiophene rings is 1. The number of hydrogen-bond acceptors (Lipinski definition) is 4. The van der Waals surface area contributed by atoms with Gasteiger partial charge in [0, 0.05) is 16.4 Å². The van der Waals surface area contributed by atoms with Crippen LogP contribution in [0.2, 0.25) is 0 Å². The third-order valence-corrected chi connectivity index (χ3v) is 4.09. The molecule has 17 heavy (non-hydrogen) atoms. The summed E-state index contributed by atoms with van der Waals surface area (Å²) in [7, 11) is 0. The fraction of sp³-hybridized carbons (Fsp3) is 0.400. The Morgan fingerprint density at radius 1 is 1.59 bits per heavy atom. The molecule has 0 aromatic carbocycles. The largest absolute Gasteiger partial charge is 0.479 e. The minimum atomic E-state index is -1.03. The Morgan fingerprint density at radius 2 is 2.35 bits per heavy atom. The Labute approximate surface area is 110 Å². The van der Waals surface area contributed by atoms with Crippen LogP contribution in [0.15, 0.2) is 15.9 Å². The molecule has 1 N–H and O–H groups in total. The van der Waals surface area contributed by atoms with Crippen LogP contribution in [-0.2, 0) is 9.53 Å². The zero-order valence-electron chi connectivity index (χ0n) is 8.76. The quantitative estimate of drug-likeness (QED) is 0.895. The van der Waals surface area contributed by atoms with Crippen molar-refractivity contribution in [1.82, 2.24) is 4.90 Å². The summed E-state index contributed by atoms with van der Waals surface area (Å²) < 4.78 is 5.92. The summed E-state index contributed by atoms with van der Waals surface area (Å²) in [6, 6.07) is 1.73. The Bertz CT molecular complexity index is 447. The Balaban J connectivity index is 2.07. The second-order valence-electron chi connectivity index (χ2n) is 3.58. The van der Waals surface area contributed by atoms with Crippen molar-refractivity contribution >= 4 is 39.1 Å². The number of morpholine rings is 1. The van der Waals surface area contributed by atoms with Gasteiger partial charge in [-0.15, -0.1) is 11.3 Å². The molecule has 1 saturated heterocycles. The van der Waals surface area contributed by atoms with E-state index in [9.17, 15) is 9.59 Å². The highest BCUT2D eigenvalue weighted by atomic mass is 79.9. The van der Waals surface area contributed by atoms with Crippen molar-refractivity contribution in [2.24, 2.45) is 0 Å². The number of hydrogen-bond donors (Lipinski definition) is 1. The molecule has 1 aromatic heterocycles. The molecule has 1 unspecified atom stereocenters. The predicted molar refractivity (Wildman–Crippen MR) is 65.3 cm³/mol. The number of carbonyl (C=O) groups excluding carboxylic acids is 1. The van der Waals surface area contributed by atoms with Crippen molar-refractivity contribution in [2.75, 3.05) is 19.7 Å². The third kappa shape index (κ3) is 2.85. The smallest absolute Gasteiger partial charge is 0.334 e. The molecule has 1 aromatic rings. The van der Waals surface area contributed by atoms with E-state index in [1.807, 2.05) is 5.38 Å². The van der Waals surface area contributed by atoms with Crippen LogP contribution in [0.3, 0.4) is 0 Å². The summed E-state index contributed by atoms with van der Waals surface area (Å²) in [6.45, 7) is 0.789. The van der Waals surface area contributed by atoms with Gasteiger partial charge in [-0.2, -0.15) is 0 Å². The number of carboxylic acids is 1. The molecule has 7 heteroatoms. The topological polar surface area (TPSA) is 66.8 Å². The van der Waals surface area contributed by atoms with Crippen molar-refractivity contribution in [1.29, 1.82) is 0 Å². The van der Waals surface area contributed by atoms with E-state index in [1.54, 1.807) is 6.07 Å². The molecule has 2 heterocycles. The number of aliphatic carboxylic acids is 1. The summed E-state index contributed by atoms with van der Waals surface area (Å²) in [4.78, 5) is 25.0.